The number of allylic oxidation sites excluding steroid dienone is 1. The summed E-state index contributed by atoms with van der Waals surface area (Å²) in [6, 6.07) is 0.311. The van der Waals surface area contributed by atoms with Gasteiger partial charge in [0.25, 0.3) is 0 Å². The molecule has 0 spiro atoms. The SMILES string of the molecule is C/C=C/N=NC(C)C. The van der Waals surface area contributed by atoms with E-state index in [4.69, 9.17) is 0 Å². The van der Waals surface area contributed by atoms with Crippen molar-refractivity contribution in [1.29, 1.82) is 0 Å². The summed E-state index contributed by atoms with van der Waals surface area (Å²) in [6.45, 7) is 5.90. The van der Waals surface area contributed by atoms with Crippen LogP contribution in [0.25, 0.3) is 0 Å². The fourth-order valence-electron chi connectivity index (χ4n) is 0.238. The summed E-state index contributed by atoms with van der Waals surface area (Å²) < 4.78 is 0. The van der Waals surface area contributed by atoms with Gasteiger partial charge in [-0.3, -0.25) is 0 Å². The van der Waals surface area contributed by atoms with E-state index in [1.165, 1.54) is 0 Å². The molecule has 0 saturated carbocycles. The molecule has 0 heterocycles. The highest BCUT2D eigenvalue weighted by Gasteiger charge is 1.80. The summed E-state index contributed by atoms with van der Waals surface area (Å²) in [5, 5.41) is 7.59. The Bertz CT molecular complexity index is 92.7. The van der Waals surface area contributed by atoms with E-state index in [2.05, 4.69) is 10.2 Å². The normalized spacial score (nSPS) is 12.5. The number of hydrogen-bond acceptors (Lipinski definition) is 2. The molecule has 0 saturated heterocycles. The molecule has 0 aliphatic rings. The van der Waals surface area contributed by atoms with Crippen molar-refractivity contribution < 1.29 is 0 Å². The first-order chi connectivity index (χ1) is 3.77. The molecular formula is C6H12N2. The highest BCUT2D eigenvalue weighted by Crippen LogP contribution is 1.86. The Morgan fingerprint density at radius 3 is 2.38 bits per heavy atom. The van der Waals surface area contributed by atoms with Crippen LogP contribution in [0.15, 0.2) is 22.5 Å². The van der Waals surface area contributed by atoms with Crippen molar-refractivity contribution in [2.75, 3.05) is 0 Å². The molecule has 0 aliphatic heterocycles. The summed E-state index contributed by atoms with van der Waals surface area (Å²) in [7, 11) is 0. The third-order valence-corrected chi connectivity index (χ3v) is 0.513. The van der Waals surface area contributed by atoms with Gasteiger partial charge in [-0.25, -0.2) is 0 Å². The third-order valence-electron chi connectivity index (χ3n) is 0.513. The van der Waals surface area contributed by atoms with Crippen molar-refractivity contribution in [3.8, 4) is 0 Å². The van der Waals surface area contributed by atoms with Gasteiger partial charge in [-0.05, 0) is 20.8 Å². The molecule has 0 N–H and O–H groups in total. The highest BCUT2D eigenvalue weighted by atomic mass is 15.1. The van der Waals surface area contributed by atoms with Crippen LogP contribution in [-0.2, 0) is 0 Å². The lowest BCUT2D eigenvalue weighted by atomic mass is 10.4. The lowest BCUT2D eigenvalue weighted by Crippen LogP contribution is -1.82. The van der Waals surface area contributed by atoms with Gasteiger partial charge in [0.05, 0.1) is 6.04 Å². The molecule has 0 fully saturated rings. The second kappa shape index (κ2) is 4.50. The van der Waals surface area contributed by atoms with Crippen LogP contribution in [0.5, 0.6) is 0 Å². The molecule has 2 heteroatoms. The van der Waals surface area contributed by atoms with Gasteiger partial charge in [0, 0.05) is 6.20 Å². The number of nitrogens with zero attached hydrogens (tertiary/aromatic N) is 2. The minimum absolute atomic E-state index is 0.311. The molecule has 46 valence electrons. The Hall–Kier alpha value is -0.660. The molecule has 0 radical (unpaired) electrons. The number of rotatable bonds is 2. The van der Waals surface area contributed by atoms with E-state index in [-0.39, 0.29) is 0 Å². The van der Waals surface area contributed by atoms with Crippen molar-refractivity contribution >= 4 is 0 Å². The van der Waals surface area contributed by atoms with Gasteiger partial charge in [0.1, 0.15) is 0 Å². The largest absolute Gasteiger partial charge is 0.187 e. The van der Waals surface area contributed by atoms with E-state index < -0.39 is 0 Å². The summed E-state index contributed by atoms with van der Waals surface area (Å²) in [6.07, 6.45) is 3.53. The molecule has 0 aliphatic carbocycles. The van der Waals surface area contributed by atoms with Gasteiger partial charge in [-0.15, -0.1) is 0 Å². The second-order valence-electron chi connectivity index (χ2n) is 1.81. The predicted molar refractivity (Wildman–Crippen MR) is 34.8 cm³/mol. The average molecular weight is 112 g/mol. The number of azo groups is 1. The van der Waals surface area contributed by atoms with Crippen LogP contribution in [0, 0.1) is 0 Å². The zero-order valence-corrected chi connectivity index (χ0v) is 5.63. The number of hydrogen-bond donors (Lipinski definition) is 0. The molecule has 0 aromatic heterocycles. The Morgan fingerprint density at radius 1 is 1.38 bits per heavy atom. The fraction of sp³-hybridized carbons (Fsp3) is 0.667. The maximum atomic E-state index is 3.85. The first kappa shape index (κ1) is 7.34. The summed E-state index contributed by atoms with van der Waals surface area (Å²) in [5.74, 6) is 0. The molecule has 0 aromatic rings. The van der Waals surface area contributed by atoms with Crippen molar-refractivity contribution in [3.63, 3.8) is 0 Å². The first-order valence-corrected chi connectivity index (χ1v) is 2.78. The molecule has 8 heavy (non-hydrogen) atoms. The summed E-state index contributed by atoms with van der Waals surface area (Å²) in [5.41, 5.74) is 0. The molecule has 0 unspecified atom stereocenters. The monoisotopic (exact) mass is 112 g/mol. The molecule has 0 atom stereocenters. The molecule has 0 bridgehead atoms. The predicted octanol–water partition coefficient (Wildman–Crippen LogP) is 2.38. The van der Waals surface area contributed by atoms with Crippen LogP contribution in [0.1, 0.15) is 20.8 Å². The molecule has 2 nitrogen and oxygen atoms in total. The van der Waals surface area contributed by atoms with Crippen molar-refractivity contribution in [2.24, 2.45) is 10.2 Å². The minimum Gasteiger partial charge on any atom is -0.187 e. The van der Waals surface area contributed by atoms with E-state index in [0.29, 0.717) is 6.04 Å². The molecule has 0 aromatic carbocycles. The smallest absolute Gasteiger partial charge is 0.0656 e. The Kier molecular flexibility index (Phi) is 4.13. The maximum absolute atomic E-state index is 3.85. The van der Waals surface area contributed by atoms with E-state index in [0.717, 1.165) is 0 Å². The topological polar surface area (TPSA) is 24.7 Å². The fourth-order valence-corrected chi connectivity index (χ4v) is 0.238. The van der Waals surface area contributed by atoms with E-state index in [1.807, 2.05) is 26.8 Å². The minimum atomic E-state index is 0.311. The van der Waals surface area contributed by atoms with Gasteiger partial charge < -0.3 is 0 Å². The zero-order chi connectivity index (χ0) is 6.41. The Morgan fingerprint density at radius 2 is 2.00 bits per heavy atom. The summed E-state index contributed by atoms with van der Waals surface area (Å²) in [4.78, 5) is 0. The maximum Gasteiger partial charge on any atom is 0.0656 e. The third kappa shape index (κ3) is 5.34. The van der Waals surface area contributed by atoms with Gasteiger partial charge in [0.15, 0.2) is 0 Å². The van der Waals surface area contributed by atoms with Crippen LogP contribution in [0.4, 0.5) is 0 Å². The van der Waals surface area contributed by atoms with E-state index in [1.54, 1.807) is 6.20 Å². The van der Waals surface area contributed by atoms with Gasteiger partial charge in [-0.2, -0.15) is 10.2 Å². The standard InChI is InChI=1S/C6H12N2/c1-4-5-7-8-6(2)3/h4-6H,1-3H3/b5-4+,8-7?. The average Bonchev–Trinajstić information content (AvgIpc) is 1.66. The van der Waals surface area contributed by atoms with Crippen LogP contribution in [0.2, 0.25) is 0 Å². The van der Waals surface area contributed by atoms with Crippen molar-refractivity contribution in [1.82, 2.24) is 0 Å². The molecular weight excluding hydrogens is 100 g/mol. The Balaban J connectivity index is 3.34. The van der Waals surface area contributed by atoms with Gasteiger partial charge >= 0.3 is 0 Å². The van der Waals surface area contributed by atoms with Crippen LogP contribution < -0.4 is 0 Å². The van der Waals surface area contributed by atoms with Gasteiger partial charge in [-0.1, -0.05) is 6.08 Å². The lowest BCUT2D eigenvalue weighted by molar-refractivity contribution is 0.777. The first-order valence-electron chi connectivity index (χ1n) is 2.78. The lowest BCUT2D eigenvalue weighted by Gasteiger charge is -1.86. The highest BCUT2D eigenvalue weighted by molar-refractivity contribution is 4.71. The molecule has 0 rings (SSSR count). The summed E-state index contributed by atoms with van der Waals surface area (Å²) >= 11 is 0. The quantitative estimate of drug-likeness (QED) is 0.490. The van der Waals surface area contributed by atoms with E-state index in [9.17, 15) is 0 Å². The van der Waals surface area contributed by atoms with Crippen LogP contribution in [0.3, 0.4) is 0 Å². The van der Waals surface area contributed by atoms with E-state index >= 15 is 0 Å². The van der Waals surface area contributed by atoms with Crippen LogP contribution in [-0.4, -0.2) is 6.04 Å². The van der Waals surface area contributed by atoms with Crippen molar-refractivity contribution in [2.45, 2.75) is 26.8 Å². The Labute approximate surface area is 50.3 Å². The van der Waals surface area contributed by atoms with Crippen molar-refractivity contribution in [3.05, 3.63) is 12.3 Å². The van der Waals surface area contributed by atoms with Crippen LogP contribution >= 0.6 is 0 Å². The second-order valence-corrected chi connectivity index (χ2v) is 1.81. The molecule has 0 amide bonds. The van der Waals surface area contributed by atoms with Gasteiger partial charge in [0.2, 0.25) is 0 Å². The zero-order valence-electron chi connectivity index (χ0n) is 5.63.